The second-order valence-electron chi connectivity index (χ2n) is 9.22. The third-order valence-electron chi connectivity index (χ3n) is 6.29. The van der Waals surface area contributed by atoms with Gasteiger partial charge in [0.15, 0.2) is 17.3 Å². The summed E-state index contributed by atoms with van der Waals surface area (Å²) in [5.74, 6) is 2.11. The number of carbonyl (C=O) groups excluding carboxylic acids is 1. The van der Waals surface area contributed by atoms with Crippen LogP contribution in [0.3, 0.4) is 0 Å². The van der Waals surface area contributed by atoms with Crippen molar-refractivity contribution in [2.45, 2.75) is 32.6 Å². The number of hydrogen-bond acceptors (Lipinski definition) is 7. The van der Waals surface area contributed by atoms with Gasteiger partial charge in [0.05, 0.1) is 19.0 Å². The van der Waals surface area contributed by atoms with Gasteiger partial charge in [-0.1, -0.05) is 35.9 Å². The van der Waals surface area contributed by atoms with Gasteiger partial charge in [0.25, 0.3) is 5.91 Å². The van der Waals surface area contributed by atoms with Crippen molar-refractivity contribution in [3.63, 3.8) is 0 Å². The van der Waals surface area contributed by atoms with Crippen molar-refractivity contribution < 1.29 is 18.7 Å². The Balaban J connectivity index is 1.32. The summed E-state index contributed by atoms with van der Waals surface area (Å²) in [6, 6.07) is 23.0. The summed E-state index contributed by atoms with van der Waals surface area (Å²) in [6.07, 6.45) is 3.62. The SMILES string of the molecule is N#CCCN(Cc1cccnc1)C(=O)c1ccc(CN(Cc2ccc(Cl)cc2)Cc2ccc3c(c2)OCO3)o1. The highest BCUT2D eigenvalue weighted by Crippen LogP contribution is 2.33. The Morgan fingerprint density at radius 1 is 0.923 bits per heavy atom. The number of amides is 1. The molecule has 9 heteroatoms. The maximum absolute atomic E-state index is 13.3. The topological polar surface area (TPSA) is 91.8 Å². The van der Waals surface area contributed by atoms with E-state index in [0.29, 0.717) is 43.5 Å². The zero-order valence-electron chi connectivity index (χ0n) is 21.3. The number of halogens is 1. The van der Waals surface area contributed by atoms with Gasteiger partial charge in [-0.3, -0.25) is 14.7 Å². The van der Waals surface area contributed by atoms with E-state index in [-0.39, 0.29) is 24.9 Å². The summed E-state index contributed by atoms with van der Waals surface area (Å²) in [5.41, 5.74) is 3.05. The summed E-state index contributed by atoms with van der Waals surface area (Å²) in [4.78, 5) is 21.3. The fourth-order valence-corrected chi connectivity index (χ4v) is 4.54. The van der Waals surface area contributed by atoms with Crippen LogP contribution in [0.15, 0.2) is 83.5 Å². The highest BCUT2D eigenvalue weighted by atomic mass is 35.5. The van der Waals surface area contributed by atoms with E-state index in [2.05, 4.69) is 16.0 Å². The molecule has 39 heavy (non-hydrogen) atoms. The van der Waals surface area contributed by atoms with Crippen molar-refractivity contribution >= 4 is 17.5 Å². The minimum atomic E-state index is -0.264. The van der Waals surface area contributed by atoms with Crippen molar-refractivity contribution in [2.75, 3.05) is 13.3 Å². The van der Waals surface area contributed by atoms with Gasteiger partial charge in [0.1, 0.15) is 5.76 Å². The van der Waals surface area contributed by atoms with Crippen LogP contribution in [0.4, 0.5) is 0 Å². The van der Waals surface area contributed by atoms with Gasteiger partial charge in [0.2, 0.25) is 6.79 Å². The molecule has 0 N–H and O–H groups in total. The number of carbonyl (C=O) groups is 1. The van der Waals surface area contributed by atoms with Crippen LogP contribution in [0.1, 0.15) is 39.4 Å². The third-order valence-corrected chi connectivity index (χ3v) is 6.54. The van der Waals surface area contributed by atoms with Crippen LogP contribution in [0.2, 0.25) is 5.02 Å². The van der Waals surface area contributed by atoms with Crippen LogP contribution in [0, 0.1) is 11.3 Å². The number of nitriles is 1. The Morgan fingerprint density at radius 3 is 2.51 bits per heavy atom. The fraction of sp³-hybridized carbons (Fsp3) is 0.233. The van der Waals surface area contributed by atoms with Gasteiger partial charge < -0.3 is 18.8 Å². The Morgan fingerprint density at radius 2 is 1.72 bits per heavy atom. The van der Waals surface area contributed by atoms with E-state index in [1.807, 2.05) is 60.7 Å². The Kier molecular flexibility index (Phi) is 8.42. The predicted octanol–water partition coefficient (Wildman–Crippen LogP) is 5.82. The summed E-state index contributed by atoms with van der Waals surface area (Å²) in [7, 11) is 0. The quantitative estimate of drug-likeness (QED) is 0.236. The monoisotopic (exact) mass is 542 g/mol. The van der Waals surface area contributed by atoms with Gasteiger partial charge in [-0.25, -0.2) is 0 Å². The molecule has 0 bridgehead atoms. The first-order valence-corrected chi connectivity index (χ1v) is 12.9. The molecule has 0 radical (unpaired) electrons. The van der Waals surface area contributed by atoms with Crippen LogP contribution in [0.5, 0.6) is 11.5 Å². The van der Waals surface area contributed by atoms with Gasteiger partial charge in [-0.05, 0) is 59.2 Å². The van der Waals surface area contributed by atoms with Gasteiger partial charge in [0, 0.05) is 43.6 Å². The Labute approximate surface area is 231 Å². The molecule has 0 unspecified atom stereocenters. The lowest BCUT2D eigenvalue weighted by atomic mass is 10.1. The number of hydrogen-bond donors (Lipinski definition) is 0. The number of ether oxygens (including phenoxy) is 2. The van der Waals surface area contributed by atoms with E-state index in [9.17, 15) is 4.79 Å². The third kappa shape index (κ3) is 6.96. The first-order valence-electron chi connectivity index (χ1n) is 12.6. The van der Waals surface area contributed by atoms with Gasteiger partial charge in [-0.2, -0.15) is 5.26 Å². The molecule has 0 aliphatic carbocycles. The predicted molar refractivity (Wildman–Crippen MR) is 145 cm³/mol. The van der Waals surface area contributed by atoms with Crippen LogP contribution in [-0.4, -0.2) is 34.0 Å². The maximum atomic E-state index is 13.3. The second-order valence-corrected chi connectivity index (χ2v) is 9.66. The zero-order chi connectivity index (χ0) is 27.0. The van der Waals surface area contributed by atoms with Crippen LogP contribution in [0.25, 0.3) is 0 Å². The number of pyridine rings is 1. The maximum Gasteiger partial charge on any atom is 0.289 e. The number of furan rings is 1. The van der Waals surface area contributed by atoms with Crippen molar-refractivity contribution in [1.29, 1.82) is 5.26 Å². The van der Waals surface area contributed by atoms with E-state index in [1.54, 1.807) is 23.4 Å². The first-order chi connectivity index (χ1) is 19.1. The van der Waals surface area contributed by atoms with Gasteiger partial charge in [-0.15, -0.1) is 0 Å². The van der Waals surface area contributed by atoms with E-state index >= 15 is 0 Å². The number of rotatable bonds is 11. The zero-order valence-corrected chi connectivity index (χ0v) is 22.0. The Hall–Kier alpha value is -4.32. The van der Waals surface area contributed by atoms with Crippen molar-refractivity contribution in [3.8, 4) is 17.6 Å². The van der Waals surface area contributed by atoms with E-state index in [0.717, 1.165) is 28.2 Å². The molecular formula is C30H27ClN4O4. The largest absolute Gasteiger partial charge is 0.455 e. The van der Waals surface area contributed by atoms with Gasteiger partial charge >= 0.3 is 0 Å². The number of aromatic nitrogens is 1. The molecule has 0 spiro atoms. The molecule has 4 aromatic rings. The van der Waals surface area contributed by atoms with E-state index < -0.39 is 0 Å². The van der Waals surface area contributed by atoms with Crippen LogP contribution >= 0.6 is 11.6 Å². The molecule has 0 atom stereocenters. The number of nitrogens with zero attached hydrogens (tertiary/aromatic N) is 4. The molecule has 2 aromatic carbocycles. The molecule has 0 saturated carbocycles. The first kappa shape index (κ1) is 26.3. The summed E-state index contributed by atoms with van der Waals surface area (Å²) in [5, 5.41) is 9.78. The summed E-state index contributed by atoms with van der Waals surface area (Å²) in [6.45, 7) is 2.61. The average molecular weight is 543 g/mol. The van der Waals surface area contributed by atoms with E-state index in [4.69, 9.17) is 30.8 Å². The molecule has 198 valence electrons. The lowest BCUT2D eigenvalue weighted by Gasteiger charge is -2.22. The molecule has 1 aliphatic rings. The minimum Gasteiger partial charge on any atom is -0.455 e. The Bertz CT molecular complexity index is 1450. The smallest absolute Gasteiger partial charge is 0.289 e. The van der Waals surface area contributed by atoms with Crippen molar-refractivity contribution in [2.24, 2.45) is 0 Å². The summed E-state index contributed by atoms with van der Waals surface area (Å²) < 4.78 is 17.0. The standard InChI is InChI=1S/C30H27ClN4O4/c31-25-7-4-22(5-8-25)17-34(18-23-6-10-27-29(15-23)38-21-37-27)20-26-9-11-28(39-26)30(36)35(14-2-12-32)19-24-3-1-13-33-16-24/h1,3-11,13,15-16H,2,14,17-21H2. The lowest BCUT2D eigenvalue weighted by Crippen LogP contribution is -2.31. The normalized spacial score (nSPS) is 11.9. The molecule has 0 saturated heterocycles. The van der Waals surface area contributed by atoms with Crippen molar-refractivity contribution in [1.82, 2.24) is 14.8 Å². The van der Waals surface area contributed by atoms with E-state index in [1.165, 1.54) is 0 Å². The fourth-order valence-electron chi connectivity index (χ4n) is 4.42. The lowest BCUT2D eigenvalue weighted by molar-refractivity contribution is 0.0710. The second kappa shape index (κ2) is 12.5. The molecule has 2 aromatic heterocycles. The highest BCUT2D eigenvalue weighted by molar-refractivity contribution is 6.30. The summed E-state index contributed by atoms with van der Waals surface area (Å²) >= 11 is 6.09. The highest BCUT2D eigenvalue weighted by Gasteiger charge is 2.21. The number of benzene rings is 2. The molecule has 0 fully saturated rings. The minimum absolute atomic E-state index is 0.225. The molecule has 1 amide bonds. The average Bonchev–Trinajstić information content (AvgIpc) is 3.62. The van der Waals surface area contributed by atoms with Crippen LogP contribution < -0.4 is 9.47 Å². The molecular weight excluding hydrogens is 516 g/mol. The molecule has 8 nitrogen and oxygen atoms in total. The van der Waals surface area contributed by atoms with Crippen LogP contribution in [-0.2, 0) is 26.2 Å². The molecule has 1 aliphatic heterocycles. The molecule has 3 heterocycles. The molecule has 5 rings (SSSR count). The van der Waals surface area contributed by atoms with Crippen molar-refractivity contribution in [3.05, 3.63) is 112 Å². The number of fused-ring (bicyclic) bond motifs is 1.